The van der Waals surface area contributed by atoms with E-state index < -0.39 is 17.5 Å². The van der Waals surface area contributed by atoms with Gasteiger partial charge >= 0.3 is 0 Å². The van der Waals surface area contributed by atoms with E-state index in [2.05, 4.69) is 12.2 Å². The molecule has 1 N–H and O–H groups in total. The number of amides is 1. The van der Waals surface area contributed by atoms with Gasteiger partial charge in [-0.2, -0.15) is 0 Å². The van der Waals surface area contributed by atoms with Gasteiger partial charge in [0, 0.05) is 19.0 Å². The van der Waals surface area contributed by atoms with Crippen LogP contribution < -0.4 is 5.32 Å². The van der Waals surface area contributed by atoms with E-state index in [1.54, 1.807) is 0 Å². The zero-order chi connectivity index (χ0) is 17.8. The van der Waals surface area contributed by atoms with Crippen LogP contribution in [0.4, 0.5) is 8.78 Å². The van der Waals surface area contributed by atoms with Gasteiger partial charge in [-0.25, -0.2) is 8.78 Å². The Hall–Kier alpha value is -1.78. The van der Waals surface area contributed by atoms with Crippen molar-refractivity contribution in [1.29, 1.82) is 0 Å². The Bertz CT molecular complexity index is 512. The van der Waals surface area contributed by atoms with Gasteiger partial charge in [0.1, 0.15) is 17.4 Å². The molecule has 3 nitrogen and oxygen atoms in total. The van der Waals surface area contributed by atoms with Crippen molar-refractivity contribution in [3.63, 3.8) is 0 Å². The van der Waals surface area contributed by atoms with E-state index in [0.29, 0.717) is 12.0 Å². The van der Waals surface area contributed by atoms with Crippen molar-refractivity contribution in [3.05, 3.63) is 35.4 Å². The molecule has 0 saturated carbocycles. The minimum absolute atomic E-state index is 0.0121. The van der Waals surface area contributed by atoms with Crippen LogP contribution in [0.2, 0.25) is 0 Å². The molecule has 0 spiro atoms. The van der Waals surface area contributed by atoms with Crippen LogP contribution in [0.3, 0.4) is 0 Å². The van der Waals surface area contributed by atoms with E-state index in [1.807, 2.05) is 0 Å². The molecular weight excluding hydrogens is 312 g/mol. The Kier molecular flexibility index (Phi) is 9.89. The summed E-state index contributed by atoms with van der Waals surface area (Å²) in [5.74, 6) is -1.87. The molecular formula is C19H27F2NO2. The summed E-state index contributed by atoms with van der Waals surface area (Å²) in [4.78, 5) is 23.4. The molecule has 0 saturated heterocycles. The molecule has 0 aliphatic carbocycles. The first-order chi connectivity index (χ1) is 11.5. The highest BCUT2D eigenvalue weighted by Crippen LogP contribution is 2.10. The second-order valence-corrected chi connectivity index (χ2v) is 6.14. The van der Waals surface area contributed by atoms with Gasteiger partial charge in [0.15, 0.2) is 0 Å². The molecule has 1 aromatic carbocycles. The molecule has 0 atom stereocenters. The van der Waals surface area contributed by atoms with Crippen molar-refractivity contribution in [2.45, 2.75) is 71.3 Å². The summed E-state index contributed by atoms with van der Waals surface area (Å²) < 4.78 is 26.1. The number of unbranched alkanes of at least 4 members (excludes halogenated alkanes) is 6. The molecule has 0 radical (unpaired) electrons. The highest BCUT2D eigenvalue weighted by Gasteiger charge is 2.09. The van der Waals surface area contributed by atoms with Crippen LogP contribution in [-0.4, -0.2) is 11.7 Å². The lowest BCUT2D eigenvalue weighted by molar-refractivity contribution is -0.128. The lowest BCUT2D eigenvalue weighted by atomic mass is 10.1. The first-order valence-electron chi connectivity index (χ1n) is 8.74. The van der Waals surface area contributed by atoms with Crippen LogP contribution in [0.5, 0.6) is 0 Å². The maximum atomic E-state index is 13.0. The number of carbonyl (C=O) groups excluding carboxylic acids is 2. The Labute approximate surface area is 142 Å². The summed E-state index contributed by atoms with van der Waals surface area (Å²) >= 11 is 0. The predicted molar refractivity (Wildman–Crippen MR) is 90.4 cm³/mol. The summed E-state index contributed by atoms with van der Waals surface area (Å²) in [5, 5.41) is 2.52. The minimum atomic E-state index is -0.686. The zero-order valence-corrected chi connectivity index (χ0v) is 14.4. The topological polar surface area (TPSA) is 46.2 Å². The molecule has 24 heavy (non-hydrogen) atoms. The second-order valence-electron chi connectivity index (χ2n) is 6.14. The van der Waals surface area contributed by atoms with E-state index in [9.17, 15) is 18.4 Å². The summed E-state index contributed by atoms with van der Waals surface area (Å²) in [6.07, 6.45) is 8.12. The number of benzene rings is 1. The Morgan fingerprint density at radius 3 is 2.12 bits per heavy atom. The molecule has 1 amide bonds. The molecule has 1 aromatic rings. The fraction of sp³-hybridized carbons (Fsp3) is 0.579. The van der Waals surface area contributed by atoms with Gasteiger partial charge in [-0.15, -0.1) is 0 Å². The van der Waals surface area contributed by atoms with E-state index in [1.165, 1.54) is 25.7 Å². The molecule has 0 unspecified atom stereocenters. The molecule has 0 heterocycles. The minimum Gasteiger partial charge on any atom is -0.352 e. The van der Waals surface area contributed by atoms with Gasteiger partial charge in [0.2, 0.25) is 5.91 Å². The van der Waals surface area contributed by atoms with Crippen molar-refractivity contribution >= 4 is 11.7 Å². The number of rotatable bonds is 12. The summed E-state index contributed by atoms with van der Waals surface area (Å²) in [7, 11) is 0. The van der Waals surface area contributed by atoms with E-state index >= 15 is 0 Å². The van der Waals surface area contributed by atoms with E-state index in [0.717, 1.165) is 37.5 Å². The third kappa shape index (κ3) is 9.38. The van der Waals surface area contributed by atoms with Crippen LogP contribution in [0, 0.1) is 11.6 Å². The normalized spacial score (nSPS) is 10.6. The monoisotopic (exact) mass is 339 g/mol. The fourth-order valence-corrected chi connectivity index (χ4v) is 2.52. The molecule has 134 valence electrons. The maximum Gasteiger partial charge on any atom is 0.227 e. The summed E-state index contributed by atoms with van der Waals surface area (Å²) in [6, 6.07) is 3.09. The van der Waals surface area contributed by atoms with Crippen molar-refractivity contribution in [1.82, 2.24) is 5.32 Å². The quantitative estimate of drug-likeness (QED) is 0.444. The predicted octanol–water partition coefficient (Wildman–Crippen LogP) is 4.68. The lowest BCUT2D eigenvalue weighted by Gasteiger charge is -2.06. The fourth-order valence-electron chi connectivity index (χ4n) is 2.52. The third-order valence-electron chi connectivity index (χ3n) is 3.83. The van der Waals surface area contributed by atoms with Gasteiger partial charge in [0.25, 0.3) is 0 Å². The average molecular weight is 339 g/mol. The number of hydrogen-bond acceptors (Lipinski definition) is 2. The van der Waals surface area contributed by atoms with Crippen molar-refractivity contribution in [2.24, 2.45) is 0 Å². The van der Waals surface area contributed by atoms with Crippen LogP contribution >= 0.6 is 0 Å². The number of halogens is 2. The maximum absolute atomic E-state index is 13.0. The number of ketones is 1. The number of carbonyl (C=O) groups is 2. The van der Waals surface area contributed by atoms with Crippen molar-refractivity contribution < 1.29 is 18.4 Å². The second kappa shape index (κ2) is 11.7. The number of nitrogens with one attached hydrogen (secondary N) is 1. The van der Waals surface area contributed by atoms with Gasteiger partial charge in [-0.1, -0.05) is 45.4 Å². The van der Waals surface area contributed by atoms with Crippen molar-refractivity contribution in [2.75, 3.05) is 0 Å². The third-order valence-corrected chi connectivity index (χ3v) is 3.83. The van der Waals surface area contributed by atoms with Crippen LogP contribution in [-0.2, 0) is 16.1 Å². The number of Topliss-reactive ketones (excluding diaryl/α,β-unsaturated/α-hetero) is 1. The van der Waals surface area contributed by atoms with Gasteiger partial charge < -0.3 is 5.32 Å². The molecule has 0 aliphatic rings. The molecule has 1 rings (SSSR count). The Morgan fingerprint density at radius 2 is 1.50 bits per heavy atom. The zero-order valence-electron chi connectivity index (χ0n) is 14.4. The van der Waals surface area contributed by atoms with Crippen LogP contribution in [0.15, 0.2) is 18.2 Å². The van der Waals surface area contributed by atoms with Crippen LogP contribution in [0.1, 0.15) is 70.3 Å². The first-order valence-corrected chi connectivity index (χ1v) is 8.74. The molecule has 5 heteroatoms. The van der Waals surface area contributed by atoms with Crippen LogP contribution in [0.25, 0.3) is 0 Å². The lowest BCUT2D eigenvalue weighted by Crippen LogP contribution is -2.25. The molecule has 0 aromatic heterocycles. The van der Waals surface area contributed by atoms with Gasteiger partial charge in [-0.05, 0) is 24.1 Å². The molecule has 0 fully saturated rings. The van der Waals surface area contributed by atoms with E-state index in [-0.39, 0.29) is 18.7 Å². The van der Waals surface area contributed by atoms with Gasteiger partial charge in [0.05, 0.1) is 6.42 Å². The smallest absolute Gasteiger partial charge is 0.227 e. The largest absolute Gasteiger partial charge is 0.352 e. The summed E-state index contributed by atoms with van der Waals surface area (Å²) in [6.45, 7) is 2.19. The Morgan fingerprint density at radius 1 is 0.917 bits per heavy atom. The SMILES string of the molecule is CCCCCCCCCC(=O)CC(=O)NCc1cc(F)cc(F)c1. The Balaban J connectivity index is 2.14. The first kappa shape index (κ1) is 20.3. The van der Waals surface area contributed by atoms with E-state index in [4.69, 9.17) is 0 Å². The average Bonchev–Trinajstić information content (AvgIpc) is 2.51. The van der Waals surface area contributed by atoms with Gasteiger partial charge in [-0.3, -0.25) is 9.59 Å². The molecule has 0 bridgehead atoms. The summed E-state index contributed by atoms with van der Waals surface area (Å²) in [5.41, 5.74) is 0.334. The number of hydrogen-bond donors (Lipinski definition) is 1. The highest BCUT2D eigenvalue weighted by atomic mass is 19.1. The molecule has 0 aliphatic heterocycles. The van der Waals surface area contributed by atoms with Crippen molar-refractivity contribution in [3.8, 4) is 0 Å². The highest BCUT2D eigenvalue weighted by molar-refractivity contribution is 5.97. The standard InChI is InChI=1S/C19H27F2NO2/c1-2-3-4-5-6-7-8-9-18(23)13-19(24)22-14-15-10-16(20)12-17(21)11-15/h10-12H,2-9,13-14H2,1H3,(H,22,24).